The Morgan fingerprint density at radius 2 is 1.04 bits per heavy atom. The van der Waals surface area contributed by atoms with E-state index in [-0.39, 0.29) is 23.7 Å². The van der Waals surface area contributed by atoms with Crippen molar-refractivity contribution in [3.05, 3.63) is 11.6 Å². The van der Waals surface area contributed by atoms with Crippen molar-refractivity contribution in [1.82, 2.24) is 0 Å². The molecule has 8 aliphatic rings. The fraction of sp³-hybridized carbons (Fsp3) is 0.963. The Morgan fingerprint density at radius 3 is 1.61 bits per heavy atom. The molecule has 0 aromatic carbocycles. The fourth-order valence-corrected chi connectivity index (χ4v) is 16.2. The summed E-state index contributed by atoms with van der Waals surface area (Å²) in [4.78, 5) is 0. The fourth-order valence-electron chi connectivity index (χ4n) is 16.2. The lowest BCUT2D eigenvalue weighted by Gasteiger charge is -2.69. The van der Waals surface area contributed by atoms with E-state index in [9.17, 15) is 76.6 Å². The normalized spacial score (nSPS) is 52.7. The molecular weight excluding hydrogens is 1020 g/mol. The van der Waals surface area contributed by atoms with E-state index in [0.717, 1.165) is 24.8 Å². The SMILES string of the molecule is CC(C)=CCC[C@](C)(O)[C@H]1CC[C@@]2(C)[C@@H]3CC[C@H]4C(C)(C)[C@@H](O[C@@H]5O[C@H](CO)[C@@H](O)[C@H](O)[C@H]5O[C@@H]5O[C@H](CO)[C@@H](O)[C@H](O)[C@H]5O)CC[C@]4(C)[C@H]3C[C@@H](O[C@@H]3O[C@H](CO[C@@H]4O[C@H](CO)[C@@H](O)[C@H](O)[C@H]4O)[C@@H](O)[C@H](O)[C@H]3O)[C@]12C. The highest BCUT2D eigenvalue weighted by Crippen LogP contribution is 2.76. The molecule has 0 unspecified atom stereocenters. The van der Waals surface area contributed by atoms with Crippen LogP contribution in [0.4, 0.5) is 0 Å². The Kier molecular flexibility index (Phi) is 18.9. The van der Waals surface area contributed by atoms with E-state index in [1.165, 1.54) is 0 Å². The Hall–Kier alpha value is -1.18. The monoisotopic (exact) mass is 1110 g/mol. The molecule has 0 radical (unpaired) electrons. The van der Waals surface area contributed by atoms with Crippen LogP contribution in [0.15, 0.2) is 11.6 Å². The van der Waals surface area contributed by atoms with Gasteiger partial charge in [0.2, 0.25) is 0 Å². The second-order valence-corrected chi connectivity index (χ2v) is 25.7. The second-order valence-electron chi connectivity index (χ2n) is 25.7. The zero-order valence-electron chi connectivity index (χ0n) is 45.8. The molecule has 0 aromatic heterocycles. The van der Waals surface area contributed by atoms with Gasteiger partial charge >= 0.3 is 0 Å². The lowest BCUT2D eigenvalue weighted by molar-refractivity contribution is -0.378. The topological polar surface area (TPSA) is 377 Å². The van der Waals surface area contributed by atoms with Gasteiger partial charge in [0.05, 0.1) is 44.2 Å². The molecule has 0 amide bonds. The molecular formula is C54H92O23. The van der Waals surface area contributed by atoms with E-state index < -0.39 is 189 Å². The van der Waals surface area contributed by atoms with Crippen molar-refractivity contribution < 1.29 is 114 Å². The standard InChI is InChI=1S/C54H92O23/c1-23(2)10-9-15-53(7,69)31-13-17-52(6)24-11-12-30-50(3,4)32(75-49-45(41(65)36(60)28(21-57)73-49)77-48-44(68)39(63)35(59)27(20-56)72-48)14-16-51(30,5)25(24)18-33(54(31,52)8)76-47-43(67)40(64)37(61)29(74-47)22-70-46-42(66)38(62)34(58)26(19-55)71-46/h10,24-49,55-69H,9,11-22H2,1-8H3/t24-,25+,26-,27-,28-,29-,30+,31-,32+,33-,34-,35-,36-,37-,38+,39+,40+,41+,42-,43-,44-,45-,46-,47+,48+,49+,51-,52+,53+,54+/m1/s1. The average Bonchev–Trinajstić information content (AvgIpc) is 3.72. The zero-order valence-corrected chi connectivity index (χ0v) is 45.8. The van der Waals surface area contributed by atoms with Gasteiger partial charge in [0.1, 0.15) is 97.7 Å². The molecule has 8 fully saturated rings. The van der Waals surface area contributed by atoms with Crippen molar-refractivity contribution in [2.45, 2.75) is 254 Å². The van der Waals surface area contributed by atoms with Crippen LogP contribution in [0.25, 0.3) is 0 Å². The van der Waals surface area contributed by atoms with Crippen molar-refractivity contribution in [3.63, 3.8) is 0 Å². The molecule has 30 atom stereocenters. The Balaban J connectivity index is 1.08. The van der Waals surface area contributed by atoms with Gasteiger partial charge in [0, 0.05) is 5.41 Å². The maximum atomic E-state index is 12.7. The quantitative estimate of drug-likeness (QED) is 0.0576. The van der Waals surface area contributed by atoms with E-state index >= 15 is 0 Å². The number of ether oxygens (including phenoxy) is 8. The van der Waals surface area contributed by atoms with Gasteiger partial charge in [-0.15, -0.1) is 0 Å². The van der Waals surface area contributed by atoms with Gasteiger partial charge in [-0.05, 0) is 118 Å². The van der Waals surface area contributed by atoms with Gasteiger partial charge in [0.25, 0.3) is 0 Å². The number of aliphatic hydroxyl groups excluding tert-OH is 14. The molecule has 23 heteroatoms. The molecule has 77 heavy (non-hydrogen) atoms. The van der Waals surface area contributed by atoms with Gasteiger partial charge in [-0.25, -0.2) is 0 Å². The molecule has 23 nitrogen and oxygen atoms in total. The summed E-state index contributed by atoms with van der Waals surface area (Å²) < 4.78 is 49.3. The smallest absolute Gasteiger partial charge is 0.187 e. The molecule has 446 valence electrons. The Morgan fingerprint density at radius 1 is 0.545 bits per heavy atom. The summed E-state index contributed by atoms with van der Waals surface area (Å²) in [6.07, 6.45) is -25.7. The number of hydrogen-bond donors (Lipinski definition) is 15. The number of hydrogen-bond acceptors (Lipinski definition) is 23. The van der Waals surface area contributed by atoms with Crippen LogP contribution in [-0.4, -0.2) is 244 Å². The van der Waals surface area contributed by atoms with E-state index in [0.29, 0.717) is 38.5 Å². The van der Waals surface area contributed by atoms with Crippen LogP contribution in [-0.2, 0) is 37.9 Å². The average molecular weight is 1110 g/mol. The molecule has 8 rings (SSSR count). The minimum absolute atomic E-state index is 0.0237. The van der Waals surface area contributed by atoms with Gasteiger partial charge < -0.3 is 114 Å². The summed E-state index contributed by atoms with van der Waals surface area (Å²) in [5.41, 5.74) is -2.27. The van der Waals surface area contributed by atoms with Crippen LogP contribution in [0, 0.1) is 45.3 Å². The first-order valence-corrected chi connectivity index (χ1v) is 27.9. The van der Waals surface area contributed by atoms with Crippen molar-refractivity contribution in [1.29, 1.82) is 0 Å². The van der Waals surface area contributed by atoms with Crippen molar-refractivity contribution in [3.8, 4) is 0 Å². The van der Waals surface area contributed by atoms with Crippen LogP contribution >= 0.6 is 0 Å². The van der Waals surface area contributed by atoms with Crippen LogP contribution in [0.1, 0.15) is 113 Å². The van der Waals surface area contributed by atoms with Crippen LogP contribution in [0.3, 0.4) is 0 Å². The summed E-state index contributed by atoms with van der Waals surface area (Å²) >= 11 is 0. The molecule has 15 N–H and O–H groups in total. The molecule has 4 aliphatic carbocycles. The number of fused-ring (bicyclic) bond motifs is 5. The van der Waals surface area contributed by atoms with E-state index in [4.69, 9.17) is 37.9 Å². The predicted molar refractivity (Wildman–Crippen MR) is 266 cm³/mol. The maximum absolute atomic E-state index is 12.7. The summed E-state index contributed by atoms with van der Waals surface area (Å²) in [7, 11) is 0. The molecule has 4 heterocycles. The summed E-state index contributed by atoms with van der Waals surface area (Å²) in [5, 5.41) is 163. The summed E-state index contributed by atoms with van der Waals surface area (Å²) in [6.45, 7) is 14.2. The van der Waals surface area contributed by atoms with Crippen molar-refractivity contribution in [2.24, 2.45) is 45.3 Å². The van der Waals surface area contributed by atoms with Crippen LogP contribution < -0.4 is 0 Å². The third-order valence-electron chi connectivity index (χ3n) is 20.9. The van der Waals surface area contributed by atoms with E-state index in [1.54, 1.807) is 0 Å². The summed E-state index contributed by atoms with van der Waals surface area (Å²) in [5.74, 6) is -0.216. The first-order chi connectivity index (χ1) is 36.0. The maximum Gasteiger partial charge on any atom is 0.187 e. The van der Waals surface area contributed by atoms with Gasteiger partial charge in [0.15, 0.2) is 25.2 Å². The van der Waals surface area contributed by atoms with Crippen molar-refractivity contribution in [2.75, 3.05) is 26.4 Å². The largest absolute Gasteiger partial charge is 0.394 e. The van der Waals surface area contributed by atoms with Crippen LogP contribution in [0.5, 0.6) is 0 Å². The third-order valence-corrected chi connectivity index (χ3v) is 20.9. The first kappa shape index (κ1) is 61.9. The molecule has 0 aromatic rings. The minimum Gasteiger partial charge on any atom is -0.394 e. The number of aliphatic hydroxyl groups is 15. The molecule has 4 saturated heterocycles. The highest BCUT2D eigenvalue weighted by molar-refractivity contribution is 5.21. The van der Waals surface area contributed by atoms with Gasteiger partial charge in [-0.3, -0.25) is 0 Å². The zero-order chi connectivity index (χ0) is 56.6. The lowest BCUT2D eigenvalue weighted by Crippen LogP contribution is -2.68. The van der Waals surface area contributed by atoms with Crippen molar-refractivity contribution >= 4 is 0 Å². The third kappa shape index (κ3) is 10.9. The first-order valence-electron chi connectivity index (χ1n) is 27.9. The summed E-state index contributed by atoms with van der Waals surface area (Å²) in [6, 6.07) is 0. The molecule has 4 saturated carbocycles. The lowest BCUT2D eigenvalue weighted by atomic mass is 9.37. The highest BCUT2D eigenvalue weighted by Gasteiger charge is 2.73. The van der Waals surface area contributed by atoms with Gasteiger partial charge in [-0.2, -0.15) is 0 Å². The molecule has 0 bridgehead atoms. The molecule has 0 spiro atoms. The minimum atomic E-state index is -1.84. The van der Waals surface area contributed by atoms with Gasteiger partial charge in [-0.1, -0.05) is 46.3 Å². The Bertz CT molecular complexity index is 1990. The Labute approximate surface area is 450 Å². The second kappa shape index (κ2) is 23.5. The molecule has 4 aliphatic heterocycles. The predicted octanol–water partition coefficient (Wildman–Crippen LogP) is -2.20. The van der Waals surface area contributed by atoms with Crippen LogP contribution in [0.2, 0.25) is 0 Å². The highest BCUT2D eigenvalue weighted by atomic mass is 16.8. The number of allylic oxidation sites excluding steroid dienone is 2. The van der Waals surface area contributed by atoms with E-state index in [2.05, 4.69) is 40.7 Å². The number of rotatable bonds is 16. The van der Waals surface area contributed by atoms with E-state index in [1.807, 2.05) is 20.8 Å².